The van der Waals surface area contributed by atoms with Gasteiger partial charge in [0, 0.05) is 13.4 Å². The Morgan fingerprint density at radius 3 is 2.40 bits per heavy atom. The fraction of sp³-hybridized carbons (Fsp3) is 0.188. The number of carbonyl (C=O) groups is 1. The first-order valence-electron chi connectivity index (χ1n) is 6.35. The molecule has 4 heteroatoms. The minimum absolute atomic E-state index is 0.0778. The smallest absolute Gasteiger partial charge is 0.307 e. The van der Waals surface area contributed by atoms with Crippen molar-refractivity contribution in [1.29, 1.82) is 0 Å². The van der Waals surface area contributed by atoms with E-state index in [1.807, 2.05) is 24.3 Å². The Balaban J connectivity index is 2.11. The predicted octanol–water partition coefficient (Wildman–Crippen LogP) is 4.63. The van der Waals surface area contributed by atoms with E-state index in [1.165, 1.54) is 14.0 Å². The third-order valence-electron chi connectivity index (χ3n) is 2.91. The third kappa shape index (κ3) is 4.24. The van der Waals surface area contributed by atoms with Crippen molar-refractivity contribution in [3.63, 3.8) is 0 Å². The van der Waals surface area contributed by atoms with Gasteiger partial charge in [-0.25, -0.2) is 0 Å². The number of aryl methyl sites for hydroxylation is 1. The quantitative estimate of drug-likeness (QED) is 0.747. The highest BCUT2D eigenvalue weighted by Crippen LogP contribution is 2.30. The van der Waals surface area contributed by atoms with Gasteiger partial charge in [-0.15, -0.1) is 0 Å². The molecule has 0 heterocycles. The summed E-state index contributed by atoms with van der Waals surface area (Å²) in [6.45, 7) is 2.16. The van der Waals surface area contributed by atoms with Crippen LogP contribution in [0.1, 0.15) is 18.1 Å². The van der Waals surface area contributed by atoms with Crippen LogP contribution in [-0.2, 0) is 17.6 Å². The number of hydrogen-bond acceptors (Lipinski definition) is 2. The van der Waals surface area contributed by atoms with E-state index >= 15 is 0 Å². The van der Waals surface area contributed by atoms with Crippen molar-refractivity contribution in [2.75, 3.05) is 0 Å². The van der Waals surface area contributed by atoms with E-state index in [0.717, 1.165) is 16.9 Å². The molecular weight excluding hydrogens is 383 g/mol. The molecule has 0 fully saturated rings. The number of rotatable bonds is 5. The lowest BCUT2D eigenvalue weighted by Gasteiger charge is -2.06. The molecule has 0 saturated heterocycles. The van der Waals surface area contributed by atoms with E-state index in [2.05, 4.69) is 47.7 Å². The molecule has 0 aromatic heterocycles. The summed E-state index contributed by atoms with van der Waals surface area (Å²) < 4.78 is 1.30. The molecule has 0 unspecified atom stereocenters. The van der Waals surface area contributed by atoms with Crippen LogP contribution in [0.15, 0.2) is 52.3 Å². The van der Waals surface area contributed by atoms with Crippen LogP contribution >= 0.6 is 34.4 Å². The summed E-state index contributed by atoms with van der Waals surface area (Å²) >= 11 is 4.06. The molecule has 0 radical (unpaired) electrons. The number of carboxylic acids is 1. The summed E-state index contributed by atoms with van der Waals surface area (Å²) in [6, 6.07) is 14.2. The first kappa shape index (κ1) is 15.4. The summed E-state index contributed by atoms with van der Waals surface area (Å²) in [5.41, 5.74) is 2.19. The molecule has 0 aliphatic heterocycles. The van der Waals surface area contributed by atoms with E-state index in [1.54, 1.807) is 11.8 Å². The summed E-state index contributed by atoms with van der Waals surface area (Å²) in [6.07, 6.45) is 1.11. The SMILES string of the molecule is CCc1cc(Sc2ccc(CC(=O)O)cc2)ccc1I. The number of hydrogen-bond donors (Lipinski definition) is 1. The highest BCUT2D eigenvalue weighted by atomic mass is 127. The van der Waals surface area contributed by atoms with E-state index in [9.17, 15) is 4.79 Å². The third-order valence-corrected chi connectivity index (χ3v) is 4.96. The average molecular weight is 398 g/mol. The van der Waals surface area contributed by atoms with Gasteiger partial charge in [-0.05, 0) is 70.5 Å². The Morgan fingerprint density at radius 1 is 1.15 bits per heavy atom. The zero-order valence-electron chi connectivity index (χ0n) is 11.1. The molecule has 0 bridgehead atoms. The van der Waals surface area contributed by atoms with Gasteiger partial charge < -0.3 is 5.11 Å². The lowest BCUT2D eigenvalue weighted by molar-refractivity contribution is -0.136. The molecule has 20 heavy (non-hydrogen) atoms. The first-order chi connectivity index (χ1) is 9.58. The summed E-state index contributed by atoms with van der Waals surface area (Å²) in [4.78, 5) is 13.0. The second kappa shape index (κ2) is 7.13. The van der Waals surface area contributed by atoms with Gasteiger partial charge in [0.2, 0.25) is 0 Å². The van der Waals surface area contributed by atoms with Crippen LogP contribution in [0.2, 0.25) is 0 Å². The molecule has 2 rings (SSSR count). The lowest BCUT2D eigenvalue weighted by atomic mass is 10.2. The summed E-state index contributed by atoms with van der Waals surface area (Å²) in [5, 5.41) is 8.75. The van der Waals surface area contributed by atoms with Crippen molar-refractivity contribution in [2.45, 2.75) is 29.6 Å². The van der Waals surface area contributed by atoms with Crippen molar-refractivity contribution < 1.29 is 9.90 Å². The Morgan fingerprint density at radius 2 is 1.80 bits per heavy atom. The molecule has 104 valence electrons. The van der Waals surface area contributed by atoms with E-state index in [0.29, 0.717) is 0 Å². The Bertz CT molecular complexity index is 608. The second-order valence-electron chi connectivity index (χ2n) is 4.42. The fourth-order valence-electron chi connectivity index (χ4n) is 1.87. The molecule has 0 amide bonds. The van der Waals surface area contributed by atoms with Crippen LogP contribution in [-0.4, -0.2) is 11.1 Å². The molecule has 0 saturated carbocycles. The maximum Gasteiger partial charge on any atom is 0.307 e. The first-order valence-corrected chi connectivity index (χ1v) is 8.25. The molecule has 2 aromatic carbocycles. The van der Waals surface area contributed by atoms with Crippen LogP contribution in [0.5, 0.6) is 0 Å². The van der Waals surface area contributed by atoms with E-state index < -0.39 is 5.97 Å². The standard InChI is InChI=1S/C16H15IO2S/c1-2-12-10-14(7-8-15(12)17)20-13-5-3-11(4-6-13)9-16(18)19/h3-8,10H,2,9H2,1H3,(H,18,19). The normalized spacial score (nSPS) is 10.5. The van der Waals surface area contributed by atoms with Gasteiger partial charge in [-0.1, -0.05) is 30.8 Å². The molecule has 0 aliphatic rings. The van der Waals surface area contributed by atoms with Crippen molar-refractivity contribution in [3.05, 3.63) is 57.2 Å². The molecule has 1 N–H and O–H groups in total. The van der Waals surface area contributed by atoms with Crippen LogP contribution in [0.25, 0.3) is 0 Å². The molecule has 2 aromatic rings. The monoisotopic (exact) mass is 398 g/mol. The van der Waals surface area contributed by atoms with Crippen molar-refractivity contribution in [3.8, 4) is 0 Å². The van der Waals surface area contributed by atoms with Crippen molar-refractivity contribution >= 4 is 40.3 Å². The van der Waals surface area contributed by atoms with Gasteiger partial charge in [0.25, 0.3) is 0 Å². The highest BCUT2D eigenvalue weighted by Gasteiger charge is 2.04. The number of halogens is 1. The Labute approximate surface area is 136 Å². The number of benzene rings is 2. The predicted molar refractivity (Wildman–Crippen MR) is 90.4 cm³/mol. The van der Waals surface area contributed by atoms with Gasteiger partial charge in [0.05, 0.1) is 6.42 Å². The number of aliphatic carboxylic acids is 1. The fourth-order valence-corrected chi connectivity index (χ4v) is 3.47. The zero-order chi connectivity index (χ0) is 14.5. The second-order valence-corrected chi connectivity index (χ2v) is 6.73. The average Bonchev–Trinajstić information content (AvgIpc) is 2.42. The van der Waals surface area contributed by atoms with Gasteiger partial charge in [-0.2, -0.15) is 0 Å². The summed E-state index contributed by atoms with van der Waals surface area (Å²) in [5.74, 6) is -0.796. The molecule has 0 aliphatic carbocycles. The lowest BCUT2D eigenvalue weighted by Crippen LogP contribution is -1.99. The van der Waals surface area contributed by atoms with Gasteiger partial charge in [0.15, 0.2) is 0 Å². The topological polar surface area (TPSA) is 37.3 Å². The maximum absolute atomic E-state index is 10.6. The largest absolute Gasteiger partial charge is 0.481 e. The van der Waals surface area contributed by atoms with Gasteiger partial charge in [0.1, 0.15) is 0 Å². The van der Waals surface area contributed by atoms with Crippen LogP contribution in [0.4, 0.5) is 0 Å². The van der Waals surface area contributed by atoms with Crippen LogP contribution in [0, 0.1) is 3.57 Å². The number of carboxylic acid groups (broad SMARTS) is 1. The van der Waals surface area contributed by atoms with Crippen molar-refractivity contribution in [1.82, 2.24) is 0 Å². The maximum atomic E-state index is 10.6. The van der Waals surface area contributed by atoms with Crippen molar-refractivity contribution in [2.24, 2.45) is 0 Å². The van der Waals surface area contributed by atoms with E-state index in [-0.39, 0.29) is 6.42 Å². The van der Waals surface area contributed by atoms with Gasteiger partial charge in [-0.3, -0.25) is 4.79 Å². The van der Waals surface area contributed by atoms with Crippen LogP contribution < -0.4 is 0 Å². The minimum atomic E-state index is -0.796. The molecule has 0 atom stereocenters. The van der Waals surface area contributed by atoms with Crippen LogP contribution in [0.3, 0.4) is 0 Å². The Kier molecular flexibility index (Phi) is 5.48. The Hall–Kier alpha value is -1.01. The zero-order valence-corrected chi connectivity index (χ0v) is 14.1. The molecule has 0 spiro atoms. The molecule has 2 nitrogen and oxygen atoms in total. The highest BCUT2D eigenvalue weighted by molar-refractivity contribution is 14.1. The minimum Gasteiger partial charge on any atom is -0.481 e. The van der Waals surface area contributed by atoms with E-state index in [4.69, 9.17) is 5.11 Å². The van der Waals surface area contributed by atoms with Gasteiger partial charge >= 0.3 is 5.97 Å². The summed E-state index contributed by atoms with van der Waals surface area (Å²) in [7, 11) is 0. The molecular formula is C16H15IO2S.